The molecule has 6 rings (SSSR count). The van der Waals surface area contributed by atoms with Gasteiger partial charge in [0.25, 0.3) is 0 Å². The quantitative estimate of drug-likeness (QED) is 0.0314. The lowest BCUT2D eigenvalue weighted by molar-refractivity contribution is 0.458. The zero-order valence-corrected chi connectivity index (χ0v) is 42.9. The minimum absolute atomic E-state index is 0.137. The van der Waals surface area contributed by atoms with Crippen LogP contribution in [0.3, 0.4) is 0 Å². The maximum Gasteiger partial charge on any atom is 0.233 e. The van der Waals surface area contributed by atoms with Gasteiger partial charge >= 0.3 is 0 Å². The molecule has 0 bridgehead atoms. The van der Waals surface area contributed by atoms with E-state index in [2.05, 4.69) is 67.0 Å². The molecule has 1 atom stereocenters. The highest BCUT2D eigenvalue weighted by molar-refractivity contribution is 7.87. The average molecular weight is 1170 g/mol. The highest BCUT2D eigenvalue weighted by Gasteiger charge is 2.24. The number of aromatic hydroxyl groups is 1. The van der Waals surface area contributed by atoms with Crippen LogP contribution in [0, 0.1) is 11.3 Å². The molecule has 0 saturated heterocycles. The van der Waals surface area contributed by atoms with Crippen molar-refractivity contribution in [1.82, 2.24) is 24.9 Å². The van der Waals surface area contributed by atoms with Crippen molar-refractivity contribution in [1.29, 1.82) is 5.26 Å². The van der Waals surface area contributed by atoms with Crippen LogP contribution in [0.15, 0.2) is 79.5 Å². The fraction of sp³-hybridized carbons (Fsp3) is 0.243. The topological polar surface area (TPSA) is 549 Å². The number of phenols is 1. The van der Waals surface area contributed by atoms with Crippen LogP contribution in [0.1, 0.15) is 12.5 Å². The van der Waals surface area contributed by atoms with Gasteiger partial charge in [-0.15, -0.1) is 10.2 Å². The molecule has 0 aliphatic carbocycles. The first kappa shape index (κ1) is 57.9. The molecule has 0 amide bonds. The molecule has 0 aliphatic rings. The molecule has 7 N–H and O–H groups in total. The molecule has 39 heteroatoms. The fourth-order valence-electron chi connectivity index (χ4n) is 6.65. The van der Waals surface area contributed by atoms with Gasteiger partial charge in [-0.1, -0.05) is 30.3 Å². The third kappa shape index (κ3) is 15.6. The molecule has 0 saturated carbocycles. The molecule has 0 fully saturated rings. The van der Waals surface area contributed by atoms with Gasteiger partial charge in [0.15, 0.2) is 17.4 Å². The summed E-state index contributed by atoms with van der Waals surface area (Å²) in [7, 11) is -30.9. The average Bonchev–Trinajstić information content (AvgIpc) is 3.28. The van der Waals surface area contributed by atoms with Gasteiger partial charge in [-0.25, -0.2) is 50.5 Å². The van der Waals surface area contributed by atoms with Gasteiger partial charge in [-0.05, 0) is 42.0 Å². The number of nitrogens with zero attached hydrogens (tertiary/aromatic N) is 8. The van der Waals surface area contributed by atoms with E-state index in [0.717, 1.165) is 6.07 Å². The van der Waals surface area contributed by atoms with Gasteiger partial charge in [0, 0.05) is 43.0 Å². The van der Waals surface area contributed by atoms with Crippen LogP contribution < -0.4 is 31.9 Å². The Labute approximate surface area is 430 Å². The number of hydrogen-bond donors (Lipinski definition) is 7. The van der Waals surface area contributed by atoms with Crippen molar-refractivity contribution in [2.24, 2.45) is 10.2 Å². The van der Waals surface area contributed by atoms with Crippen LogP contribution in [-0.4, -0.2) is 157 Å². The maximum atomic E-state index is 12.7. The van der Waals surface area contributed by atoms with Gasteiger partial charge in [0.2, 0.25) is 23.8 Å². The first-order chi connectivity index (χ1) is 35.2. The number of anilines is 7. The molecule has 6 aromatic rings. The number of azo groups is 1. The van der Waals surface area contributed by atoms with Gasteiger partial charge in [-0.2, -0.15) is 30.2 Å². The Balaban J connectivity index is 1.42. The van der Waals surface area contributed by atoms with E-state index >= 15 is 0 Å². The second-order valence-corrected chi connectivity index (χ2v) is 24.1. The molecular weight excluding hydrogens is 1140 g/mol. The van der Waals surface area contributed by atoms with Crippen LogP contribution in [0.4, 0.5) is 52.5 Å². The number of nitriles is 1. The normalized spacial score (nSPS) is 13.1. The molecule has 0 aliphatic heterocycles. The maximum absolute atomic E-state index is 12.7. The molecule has 0 radical (unpaired) electrons. The first-order valence-electron chi connectivity index (χ1n) is 20.7. The van der Waals surface area contributed by atoms with Crippen LogP contribution in [0.25, 0.3) is 21.5 Å². The third-order valence-corrected chi connectivity index (χ3v) is 14.5. The summed E-state index contributed by atoms with van der Waals surface area (Å²) < 4.78 is 214. The number of rotatable bonds is 24. The number of nitrogens with one attached hydrogen (secondary N) is 6. The summed E-state index contributed by atoms with van der Waals surface area (Å²) in [5.41, 5.74) is -2.89. The summed E-state index contributed by atoms with van der Waals surface area (Å²) in [6.07, 6.45) is 0. The van der Waals surface area contributed by atoms with E-state index in [1.165, 1.54) is 37.3 Å². The van der Waals surface area contributed by atoms with Crippen LogP contribution in [0.2, 0.25) is 0 Å². The van der Waals surface area contributed by atoms with E-state index in [1.54, 1.807) is 6.07 Å². The lowest BCUT2D eigenvalue weighted by Gasteiger charge is -2.20. The standard InChI is InChI=1S/C37H40N14O19S6/c1-19(43-33-24(17-38)32(39-8-11-71(53,54)55)45-34(46-33)40-9-12-72(56,57)58)18-42-36-47-35(41-10-13-73(59,60)61)48-37(49-36)44-26-16-22(74(62,63)64)14-21-15-27(75(65,66)67)29(30(52)28(21)26)51-50-25-7-6-20-4-2-3-5-23(20)31(25)76(68,69)70/h2-7,14-16,19,52H,8-13,18H2,1H3,(H,53,54,55)(H,56,57,58)(H,59,60,61)(H,62,63,64)(H,65,66,67)(H,68,69,70)(H3,39,40,43,45,46)(H3,41,42,44,47,48,49)/p-6. The number of phenolic OH excluding ortho intramolecular Hbond substituents is 1. The predicted molar refractivity (Wildman–Crippen MR) is 258 cm³/mol. The summed E-state index contributed by atoms with van der Waals surface area (Å²) >= 11 is 0. The highest BCUT2D eigenvalue weighted by atomic mass is 32.2. The predicted octanol–water partition coefficient (Wildman–Crippen LogP) is 0.200. The number of hydrogen-bond acceptors (Lipinski definition) is 33. The van der Waals surface area contributed by atoms with E-state index in [0.29, 0.717) is 18.2 Å². The second-order valence-electron chi connectivity index (χ2n) is 15.5. The summed E-state index contributed by atoms with van der Waals surface area (Å²) in [6.45, 7) is -0.531. The number of fused-ring (bicyclic) bond motifs is 2. The van der Waals surface area contributed by atoms with Gasteiger partial charge in [0.1, 0.15) is 53.4 Å². The monoisotopic (exact) mass is 1170 g/mol. The Kier molecular flexibility index (Phi) is 17.1. The summed E-state index contributed by atoms with van der Waals surface area (Å²) in [6, 6.07) is 10.5. The van der Waals surface area contributed by atoms with Crippen molar-refractivity contribution in [3.05, 3.63) is 60.2 Å². The molecule has 2 aromatic heterocycles. The molecule has 408 valence electrons. The Hall–Kier alpha value is -7.36. The smallest absolute Gasteiger partial charge is 0.233 e. The van der Waals surface area contributed by atoms with E-state index in [1.807, 2.05) is 0 Å². The van der Waals surface area contributed by atoms with Crippen molar-refractivity contribution in [3.63, 3.8) is 0 Å². The zero-order valence-electron chi connectivity index (χ0n) is 38.0. The highest BCUT2D eigenvalue weighted by Crippen LogP contribution is 2.46. The third-order valence-electron chi connectivity index (χ3n) is 9.82. The summed E-state index contributed by atoms with van der Waals surface area (Å²) in [4.78, 5) is 17.0. The van der Waals surface area contributed by atoms with Crippen molar-refractivity contribution >= 4 is 135 Å². The van der Waals surface area contributed by atoms with Crippen LogP contribution >= 0.6 is 0 Å². The Morgan fingerprint density at radius 1 is 0.618 bits per heavy atom. The van der Waals surface area contributed by atoms with E-state index in [9.17, 15) is 88.2 Å². The zero-order chi connectivity index (χ0) is 56.2. The van der Waals surface area contributed by atoms with Crippen molar-refractivity contribution in [2.45, 2.75) is 27.7 Å². The molecule has 0 spiro atoms. The number of benzene rings is 4. The minimum Gasteiger partial charge on any atom is -0.748 e. The second kappa shape index (κ2) is 22.5. The Morgan fingerprint density at radius 3 is 1.74 bits per heavy atom. The van der Waals surface area contributed by atoms with Crippen molar-refractivity contribution in [2.75, 3.05) is 75.3 Å². The molecule has 76 heavy (non-hydrogen) atoms. The Morgan fingerprint density at radius 2 is 1.17 bits per heavy atom. The van der Waals surface area contributed by atoms with E-state index < -0.39 is 170 Å². The number of aromatic nitrogens is 5. The minimum atomic E-state index is -5.74. The molecule has 2 heterocycles. The molecule has 1 unspecified atom stereocenters. The van der Waals surface area contributed by atoms with Crippen molar-refractivity contribution in [3.8, 4) is 11.8 Å². The molecule has 33 nitrogen and oxygen atoms in total. The SMILES string of the molecule is CC(CNc1nc(NCCS(=O)(=O)[O-])nc(Nc2cc(S(=O)(=O)[O-])cc3cc(S(=O)(=O)[O-])c(N=Nc4ccc5ccccc5c4S(=O)(=O)[O-])c(O)c23)n1)Nc1nc(NCCS(=O)(=O)[O-])nc(NCCS(=O)(=O)[O-])c1C#N. The molecular formula is C37H34N14O19S6-6. The van der Waals surface area contributed by atoms with E-state index in [4.69, 9.17) is 0 Å². The van der Waals surface area contributed by atoms with Crippen LogP contribution in [-0.2, 0) is 60.7 Å². The summed E-state index contributed by atoms with van der Waals surface area (Å²) in [5, 5.41) is 43.4. The largest absolute Gasteiger partial charge is 0.748 e. The van der Waals surface area contributed by atoms with E-state index in [-0.39, 0.29) is 40.5 Å². The lowest BCUT2D eigenvalue weighted by atomic mass is 10.1. The molecule has 4 aromatic carbocycles. The van der Waals surface area contributed by atoms with Crippen LogP contribution in [0.5, 0.6) is 5.75 Å². The first-order valence-corrected chi connectivity index (χ1v) is 29.7. The van der Waals surface area contributed by atoms with Gasteiger partial charge < -0.3 is 64.3 Å². The van der Waals surface area contributed by atoms with Crippen molar-refractivity contribution < 1.29 is 82.9 Å². The lowest BCUT2D eigenvalue weighted by Crippen LogP contribution is -2.28. The van der Waals surface area contributed by atoms with Gasteiger partial charge in [-0.3, -0.25) is 0 Å². The van der Waals surface area contributed by atoms with Gasteiger partial charge in [0.05, 0.1) is 68.0 Å². The fourth-order valence-corrected chi connectivity index (χ4v) is 9.71. The Bertz CT molecular complexity index is 4060. The summed E-state index contributed by atoms with van der Waals surface area (Å²) in [5.74, 6) is -6.84.